The first-order chi connectivity index (χ1) is 9.93. The number of nitrogens with zero attached hydrogens (tertiary/aromatic N) is 4. The summed E-state index contributed by atoms with van der Waals surface area (Å²) in [6.45, 7) is 2.89. The summed E-state index contributed by atoms with van der Waals surface area (Å²) in [5, 5.41) is 15.3. The van der Waals surface area contributed by atoms with E-state index in [1.807, 2.05) is 4.90 Å². The lowest BCUT2D eigenvalue weighted by molar-refractivity contribution is -0.384. The number of methoxy groups -OCH3 is 1. The fourth-order valence-corrected chi connectivity index (χ4v) is 2.51. The van der Waals surface area contributed by atoms with Gasteiger partial charge < -0.3 is 14.4 Å². The predicted molar refractivity (Wildman–Crippen MR) is 73.2 cm³/mol. The molecule has 21 heavy (non-hydrogen) atoms. The smallest absolute Gasteiger partial charge is 0.333 e. The SMILES string of the molecule is COC(=O)CC1CN(c2c([N+](=O)[O-])c(C)nn2C)CCO1. The summed E-state index contributed by atoms with van der Waals surface area (Å²) in [5.74, 6) is 0.0770. The van der Waals surface area contributed by atoms with Crippen LogP contribution in [0.2, 0.25) is 0 Å². The third-order valence-electron chi connectivity index (χ3n) is 3.40. The summed E-state index contributed by atoms with van der Waals surface area (Å²) >= 11 is 0. The largest absolute Gasteiger partial charge is 0.469 e. The van der Waals surface area contributed by atoms with Crippen molar-refractivity contribution in [3.8, 4) is 0 Å². The van der Waals surface area contributed by atoms with Gasteiger partial charge in [0.1, 0.15) is 5.69 Å². The molecule has 9 heteroatoms. The quantitative estimate of drug-likeness (QED) is 0.450. The van der Waals surface area contributed by atoms with Gasteiger partial charge in [-0.15, -0.1) is 0 Å². The highest BCUT2D eigenvalue weighted by Gasteiger charge is 2.32. The predicted octanol–water partition coefficient (Wildman–Crippen LogP) is 0.405. The summed E-state index contributed by atoms with van der Waals surface area (Å²) < 4.78 is 11.6. The Balaban J connectivity index is 2.22. The zero-order chi connectivity index (χ0) is 15.6. The minimum absolute atomic E-state index is 0.00350. The number of esters is 1. The van der Waals surface area contributed by atoms with E-state index in [2.05, 4.69) is 9.84 Å². The molecule has 0 amide bonds. The zero-order valence-electron chi connectivity index (χ0n) is 12.2. The Hall–Kier alpha value is -2.16. The maximum Gasteiger partial charge on any atom is 0.333 e. The maximum atomic E-state index is 11.3. The summed E-state index contributed by atoms with van der Waals surface area (Å²) in [4.78, 5) is 23.9. The molecule has 116 valence electrons. The van der Waals surface area contributed by atoms with Crippen molar-refractivity contribution < 1.29 is 19.2 Å². The molecule has 0 N–H and O–H groups in total. The molecule has 1 fully saturated rings. The van der Waals surface area contributed by atoms with Crippen LogP contribution in [-0.4, -0.2) is 53.6 Å². The third kappa shape index (κ3) is 3.13. The fraction of sp³-hybridized carbons (Fsp3) is 0.667. The van der Waals surface area contributed by atoms with Crippen molar-refractivity contribution in [2.45, 2.75) is 19.4 Å². The van der Waals surface area contributed by atoms with Gasteiger partial charge in [0.25, 0.3) is 0 Å². The van der Waals surface area contributed by atoms with E-state index in [4.69, 9.17) is 4.74 Å². The molecule has 2 heterocycles. The standard InChI is InChI=1S/C12H18N4O5/c1-8-11(16(18)19)12(14(2)13-8)15-4-5-21-9(7-15)6-10(17)20-3/h9H,4-7H2,1-3H3. The molecule has 0 bridgehead atoms. The molecule has 0 saturated carbocycles. The van der Waals surface area contributed by atoms with E-state index < -0.39 is 4.92 Å². The van der Waals surface area contributed by atoms with Crippen molar-refractivity contribution in [3.63, 3.8) is 0 Å². The molecule has 1 unspecified atom stereocenters. The second kappa shape index (κ2) is 6.08. The molecule has 0 aromatic carbocycles. The molecule has 1 aromatic heterocycles. The van der Waals surface area contributed by atoms with E-state index in [1.54, 1.807) is 14.0 Å². The highest BCUT2D eigenvalue weighted by atomic mass is 16.6. The number of ether oxygens (including phenoxy) is 2. The molecule has 0 spiro atoms. The summed E-state index contributed by atoms with van der Waals surface area (Å²) in [5.41, 5.74) is 0.365. The van der Waals surface area contributed by atoms with E-state index in [9.17, 15) is 14.9 Å². The summed E-state index contributed by atoms with van der Waals surface area (Å²) in [6.07, 6.45) is -0.224. The number of rotatable bonds is 4. The number of anilines is 1. The number of carbonyl (C=O) groups is 1. The average Bonchev–Trinajstić information content (AvgIpc) is 2.73. The van der Waals surface area contributed by atoms with E-state index in [0.717, 1.165) is 0 Å². The topological polar surface area (TPSA) is 99.7 Å². The van der Waals surface area contributed by atoms with Crippen molar-refractivity contribution in [3.05, 3.63) is 15.8 Å². The van der Waals surface area contributed by atoms with Gasteiger partial charge in [-0.05, 0) is 6.92 Å². The molecular formula is C12H18N4O5. The van der Waals surface area contributed by atoms with E-state index in [-0.39, 0.29) is 24.2 Å². The van der Waals surface area contributed by atoms with Gasteiger partial charge in [0.05, 0.1) is 31.2 Å². The monoisotopic (exact) mass is 298 g/mol. The van der Waals surface area contributed by atoms with Crippen LogP contribution in [0.4, 0.5) is 11.5 Å². The van der Waals surface area contributed by atoms with Gasteiger partial charge in [0.2, 0.25) is 5.82 Å². The second-order valence-electron chi connectivity index (χ2n) is 4.86. The van der Waals surface area contributed by atoms with Crippen LogP contribution in [0.3, 0.4) is 0 Å². The molecule has 9 nitrogen and oxygen atoms in total. The first-order valence-corrected chi connectivity index (χ1v) is 6.55. The number of aromatic nitrogens is 2. The molecular weight excluding hydrogens is 280 g/mol. The number of morpholine rings is 1. The lowest BCUT2D eigenvalue weighted by atomic mass is 10.2. The van der Waals surface area contributed by atoms with Gasteiger partial charge in [-0.2, -0.15) is 5.10 Å². The van der Waals surface area contributed by atoms with Crippen LogP contribution in [0.5, 0.6) is 0 Å². The maximum absolute atomic E-state index is 11.3. The fourth-order valence-electron chi connectivity index (χ4n) is 2.51. The van der Waals surface area contributed by atoms with Crippen LogP contribution in [0.15, 0.2) is 0 Å². The molecule has 1 aromatic rings. The summed E-state index contributed by atoms with van der Waals surface area (Å²) in [7, 11) is 2.98. The van der Waals surface area contributed by atoms with Gasteiger partial charge >= 0.3 is 11.7 Å². The van der Waals surface area contributed by atoms with E-state index in [0.29, 0.717) is 31.2 Å². The van der Waals surface area contributed by atoms with Crippen molar-refractivity contribution in [1.82, 2.24) is 9.78 Å². The highest BCUT2D eigenvalue weighted by molar-refractivity contribution is 5.70. The first kappa shape index (κ1) is 15.2. The number of aryl methyl sites for hydroxylation is 2. The van der Waals surface area contributed by atoms with Crippen molar-refractivity contribution in [1.29, 1.82) is 0 Å². The Kier molecular flexibility index (Phi) is 4.41. The van der Waals surface area contributed by atoms with Gasteiger partial charge in [-0.25, -0.2) is 4.68 Å². The molecule has 1 aliphatic rings. The van der Waals surface area contributed by atoms with Crippen molar-refractivity contribution >= 4 is 17.5 Å². The molecule has 0 radical (unpaired) electrons. The molecule has 2 rings (SSSR count). The molecule has 1 aliphatic heterocycles. The van der Waals surface area contributed by atoms with Crippen LogP contribution in [0.25, 0.3) is 0 Å². The summed E-state index contributed by atoms with van der Waals surface area (Å²) in [6, 6.07) is 0. The van der Waals surface area contributed by atoms with Crippen molar-refractivity contribution in [2.75, 3.05) is 31.7 Å². The van der Waals surface area contributed by atoms with E-state index >= 15 is 0 Å². The zero-order valence-corrected chi connectivity index (χ0v) is 12.2. The van der Waals surface area contributed by atoms with Gasteiger partial charge in [-0.1, -0.05) is 0 Å². The van der Waals surface area contributed by atoms with Crippen LogP contribution in [0.1, 0.15) is 12.1 Å². The van der Waals surface area contributed by atoms with Crippen molar-refractivity contribution in [2.24, 2.45) is 7.05 Å². The Morgan fingerprint density at radius 2 is 2.33 bits per heavy atom. The lowest BCUT2D eigenvalue weighted by Gasteiger charge is -2.33. The average molecular weight is 298 g/mol. The number of hydrogen-bond donors (Lipinski definition) is 0. The van der Waals surface area contributed by atoms with E-state index in [1.165, 1.54) is 11.8 Å². The van der Waals surface area contributed by atoms with Gasteiger partial charge in [-0.3, -0.25) is 14.9 Å². The lowest BCUT2D eigenvalue weighted by Crippen LogP contribution is -2.44. The third-order valence-corrected chi connectivity index (χ3v) is 3.40. The number of nitro groups is 1. The molecule has 1 atom stereocenters. The van der Waals surface area contributed by atoms with Gasteiger partial charge in [0, 0.05) is 20.1 Å². The minimum Gasteiger partial charge on any atom is -0.469 e. The Bertz CT molecular complexity index is 556. The van der Waals surface area contributed by atoms with Gasteiger partial charge in [0.15, 0.2) is 0 Å². The first-order valence-electron chi connectivity index (χ1n) is 6.55. The highest BCUT2D eigenvalue weighted by Crippen LogP contribution is 2.32. The second-order valence-corrected chi connectivity index (χ2v) is 4.86. The van der Waals surface area contributed by atoms with Crippen LogP contribution in [-0.2, 0) is 21.3 Å². The number of hydrogen-bond acceptors (Lipinski definition) is 7. The Morgan fingerprint density at radius 3 is 2.95 bits per heavy atom. The normalized spacial score (nSPS) is 18.6. The van der Waals surface area contributed by atoms with Crippen LogP contribution < -0.4 is 4.90 Å². The Labute approximate surface area is 121 Å². The number of carbonyl (C=O) groups excluding carboxylic acids is 1. The van der Waals surface area contributed by atoms with Crippen LogP contribution >= 0.6 is 0 Å². The Morgan fingerprint density at radius 1 is 1.62 bits per heavy atom. The molecule has 0 aliphatic carbocycles. The molecule has 1 saturated heterocycles. The van der Waals surface area contributed by atoms with Crippen LogP contribution in [0, 0.1) is 17.0 Å². The minimum atomic E-state index is -0.428.